The Balaban J connectivity index is 1.83. The fourth-order valence-corrected chi connectivity index (χ4v) is 3.00. The van der Waals surface area contributed by atoms with Crippen molar-refractivity contribution in [1.82, 2.24) is 10.6 Å². The molecule has 0 aromatic rings. The molecular formula is C13H24N2O2. The van der Waals surface area contributed by atoms with E-state index in [0.29, 0.717) is 25.2 Å². The maximum Gasteiger partial charge on any atom is 0.227 e. The first-order valence-electron chi connectivity index (χ1n) is 6.77. The van der Waals surface area contributed by atoms with Gasteiger partial charge in [0.2, 0.25) is 5.91 Å². The first-order valence-corrected chi connectivity index (χ1v) is 6.77. The van der Waals surface area contributed by atoms with Crippen molar-refractivity contribution in [3.63, 3.8) is 0 Å². The highest BCUT2D eigenvalue weighted by Crippen LogP contribution is 2.27. The van der Waals surface area contributed by atoms with E-state index >= 15 is 0 Å². The summed E-state index contributed by atoms with van der Waals surface area (Å²) in [7, 11) is 1.89. The second-order valence-corrected chi connectivity index (χ2v) is 5.38. The summed E-state index contributed by atoms with van der Waals surface area (Å²) in [5, 5.41) is 6.32. The van der Waals surface area contributed by atoms with E-state index in [0.717, 1.165) is 0 Å². The molecule has 0 radical (unpaired) electrons. The Morgan fingerprint density at radius 2 is 2.00 bits per heavy atom. The maximum atomic E-state index is 12.2. The molecule has 1 saturated heterocycles. The van der Waals surface area contributed by atoms with E-state index in [1.807, 2.05) is 7.05 Å². The number of ether oxygens (including phenoxy) is 1. The SMILES string of the molecule is CNC1COCC1C(=O)N[C@H](C)C1CCCC1. The molecule has 1 aliphatic carbocycles. The van der Waals surface area contributed by atoms with Crippen LogP contribution in [0.15, 0.2) is 0 Å². The first kappa shape index (κ1) is 12.8. The number of hydrogen-bond acceptors (Lipinski definition) is 3. The molecule has 2 fully saturated rings. The second-order valence-electron chi connectivity index (χ2n) is 5.38. The van der Waals surface area contributed by atoms with Gasteiger partial charge < -0.3 is 15.4 Å². The number of hydrogen-bond donors (Lipinski definition) is 2. The van der Waals surface area contributed by atoms with Crippen molar-refractivity contribution >= 4 is 5.91 Å². The molecule has 2 aliphatic rings. The summed E-state index contributed by atoms with van der Waals surface area (Å²) < 4.78 is 5.37. The molecule has 1 amide bonds. The fraction of sp³-hybridized carbons (Fsp3) is 0.923. The van der Waals surface area contributed by atoms with Gasteiger partial charge >= 0.3 is 0 Å². The van der Waals surface area contributed by atoms with Gasteiger partial charge in [0.25, 0.3) is 0 Å². The summed E-state index contributed by atoms with van der Waals surface area (Å²) in [6, 6.07) is 0.480. The molecule has 0 bridgehead atoms. The van der Waals surface area contributed by atoms with Gasteiger partial charge in [0.1, 0.15) is 0 Å². The van der Waals surface area contributed by atoms with Crippen molar-refractivity contribution < 1.29 is 9.53 Å². The third-order valence-electron chi connectivity index (χ3n) is 4.26. The van der Waals surface area contributed by atoms with Crippen LogP contribution in [0, 0.1) is 11.8 Å². The Hall–Kier alpha value is -0.610. The molecule has 0 aromatic carbocycles. The topological polar surface area (TPSA) is 50.4 Å². The Labute approximate surface area is 103 Å². The molecule has 2 N–H and O–H groups in total. The van der Waals surface area contributed by atoms with Crippen molar-refractivity contribution in [2.45, 2.75) is 44.7 Å². The van der Waals surface area contributed by atoms with Crippen molar-refractivity contribution in [1.29, 1.82) is 0 Å². The third-order valence-corrected chi connectivity index (χ3v) is 4.26. The van der Waals surface area contributed by atoms with E-state index in [1.165, 1.54) is 25.7 Å². The highest BCUT2D eigenvalue weighted by Gasteiger charge is 2.34. The minimum atomic E-state index is -0.0242. The maximum absolute atomic E-state index is 12.2. The molecule has 0 aromatic heterocycles. The largest absolute Gasteiger partial charge is 0.379 e. The molecule has 3 atom stereocenters. The van der Waals surface area contributed by atoms with Gasteiger partial charge in [0.05, 0.1) is 19.1 Å². The zero-order valence-corrected chi connectivity index (χ0v) is 10.9. The van der Waals surface area contributed by atoms with Gasteiger partial charge in [-0.05, 0) is 32.7 Å². The lowest BCUT2D eigenvalue weighted by atomic mass is 9.97. The highest BCUT2D eigenvalue weighted by molar-refractivity contribution is 5.80. The lowest BCUT2D eigenvalue weighted by Gasteiger charge is -2.23. The Morgan fingerprint density at radius 1 is 1.29 bits per heavy atom. The van der Waals surface area contributed by atoms with Gasteiger partial charge in [0.15, 0.2) is 0 Å². The van der Waals surface area contributed by atoms with Crippen LogP contribution in [0.1, 0.15) is 32.6 Å². The number of amides is 1. The molecule has 4 heteroatoms. The number of carbonyl (C=O) groups excluding carboxylic acids is 1. The zero-order chi connectivity index (χ0) is 12.3. The molecule has 4 nitrogen and oxygen atoms in total. The molecule has 1 saturated carbocycles. The predicted molar refractivity (Wildman–Crippen MR) is 66.7 cm³/mol. The van der Waals surface area contributed by atoms with Crippen molar-refractivity contribution in [2.24, 2.45) is 11.8 Å². The molecule has 17 heavy (non-hydrogen) atoms. The van der Waals surface area contributed by atoms with Crippen molar-refractivity contribution in [2.75, 3.05) is 20.3 Å². The summed E-state index contributed by atoms with van der Waals surface area (Å²) in [5.41, 5.74) is 0. The fourth-order valence-electron chi connectivity index (χ4n) is 3.00. The molecule has 2 rings (SSSR count). The molecule has 1 heterocycles. The highest BCUT2D eigenvalue weighted by atomic mass is 16.5. The summed E-state index contributed by atoms with van der Waals surface area (Å²) in [4.78, 5) is 12.2. The van der Waals surface area contributed by atoms with Gasteiger partial charge in [-0.3, -0.25) is 4.79 Å². The lowest BCUT2D eigenvalue weighted by molar-refractivity contribution is -0.126. The van der Waals surface area contributed by atoms with Crippen molar-refractivity contribution in [3.05, 3.63) is 0 Å². The monoisotopic (exact) mass is 240 g/mol. The number of carbonyl (C=O) groups is 1. The average molecular weight is 240 g/mol. The van der Waals surface area contributed by atoms with Gasteiger partial charge in [-0.2, -0.15) is 0 Å². The lowest BCUT2D eigenvalue weighted by Crippen LogP contribution is -2.46. The molecular weight excluding hydrogens is 216 g/mol. The molecule has 98 valence electrons. The van der Waals surface area contributed by atoms with Gasteiger partial charge in [-0.25, -0.2) is 0 Å². The summed E-state index contributed by atoms with van der Waals surface area (Å²) in [5.74, 6) is 0.805. The van der Waals surface area contributed by atoms with Crippen LogP contribution in [0.2, 0.25) is 0 Å². The van der Waals surface area contributed by atoms with E-state index in [1.54, 1.807) is 0 Å². The Morgan fingerprint density at radius 3 is 2.65 bits per heavy atom. The van der Waals surface area contributed by atoms with Crippen LogP contribution in [0.4, 0.5) is 0 Å². The predicted octanol–water partition coefficient (Wildman–Crippen LogP) is 0.916. The summed E-state index contributed by atoms with van der Waals surface area (Å²) >= 11 is 0. The number of rotatable bonds is 4. The van der Waals surface area contributed by atoms with E-state index in [-0.39, 0.29) is 17.9 Å². The minimum Gasteiger partial charge on any atom is -0.379 e. The number of nitrogens with one attached hydrogen (secondary N) is 2. The zero-order valence-electron chi connectivity index (χ0n) is 10.9. The summed E-state index contributed by atoms with van der Waals surface area (Å²) in [6.45, 7) is 3.33. The standard InChI is InChI=1S/C13H24N2O2/c1-9(10-5-3-4-6-10)15-13(16)11-7-17-8-12(11)14-2/h9-12,14H,3-8H2,1-2H3,(H,15,16)/t9-,11?,12?/m1/s1. The number of likely N-dealkylation sites (N-methyl/N-ethyl adjacent to an activating group) is 1. The Bertz CT molecular complexity index is 264. The second kappa shape index (κ2) is 5.83. The van der Waals surface area contributed by atoms with Crippen LogP contribution in [0.5, 0.6) is 0 Å². The Kier molecular flexibility index (Phi) is 4.40. The van der Waals surface area contributed by atoms with Crippen LogP contribution >= 0.6 is 0 Å². The van der Waals surface area contributed by atoms with Gasteiger partial charge in [-0.1, -0.05) is 12.8 Å². The van der Waals surface area contributed by atoms with Crippen LogP contribution in [-0.4, -0.2) is 38.3 Å². The van der Waals surface area contributed by atoms with Gasteiger partial charge in [0, 0.05) is 12.1 Å². The first-order chi connectivity index (χ1) is 8.22. The van der Waals surface area contributed by atoms with Crippen LogP contribution in [0.3, 0.4) is 0 Å². The molecule has 0 spiro atoms. The minimum absolute atomic E-state index is 0.0242. The van der Waals surface area contributed by atoms with E-state index in [9.17, 15) is 4.79 Å². The van der Waals surface area contributed by atoms with Crippen LogP contribution < -0.4 is 10.6 Å². The normalized spacial score (nSPS) is 31.6. The third kappa shape index (κ3) is 2.99. The van der Waals surface area contributed by atoms with E-state index < -0.39 is 0 Å². The van der Waals surface area contributed by atoms with E-state index in [4.69, 9.17) is 4.74 Å². The molecule has 1 aliphatic heterocycles. The average Bonchev–Trinajstić information content (AvgIpc) is 2.99. The smallest absolute Gasteiger partial charge is 0.227 e. The summed E-state index contributed by atoms with van der Waals surface area (Å²) in [6.07, 6.45) is 5.16. The molecule has 2 unspecified atom stereocenters. The quantitative estimate of drug-likeness (QED) is 0.768. The van der Waals surface area contributed by atoms with E-state index in [2.05, 4.69) is 17.6 Å². The van der Waals surface area contributed by atoms with Gasteiger partial charge in [-0.15, -0.1) is 0 Å². The van der Waals surface area contributed by atoms with Crippen LogP contribution in [-0.2, 0) is 9.53 Å². The van der Waals surface area contributed by atoms with Crippen molar-refractivity contribution in [3.8, 4) is 0 Å². The van der Waals surface area contributed by atoms with Crippen LogP contribution in [0.25, 0.3) is 0 Å².